The van der Waals surface area contributed by atoms with E-state index in [0.29, 0.717) is 17.8 Å². The van der Waals surface area contributed by atoms with Gasteiger partial charge in [-0.3, -0.25) is 0 Å². The molecular weight excluding hydrogens is 268 g/mol. The van der Waals surface area contributed by atoms with Crippen molar-refractivity contribution in [2.75, 3.05) is 5.75 Å². The highest BCUT2D eigenvalue weighted by Crippen LogP contribution is 2.28. The maximum Gasteiger partial charge on any atom is 0.266 e. The van der Waals surface area contributed by atoms with Crippen LogP contribution in [0.5, 0.6) is 0 Å². The fraction of sp³-hybridized carbons (Fsp3) is 0.222. The lowest BCUT2D eigenvalue weighted by Gasteiger charge is -2.04. The van der Waals surface area contributed by atoms with E-state index in [1.54, 1.807) is 0 Å². The van der Waals surface area contributed by atoms with Gasteiger partial charge in [0.05, 0.1) is 4.90 Å². The monoisotopic (exact) mass is 273 g/mol. The molecule has 0 aliphatic rings. The number of hydrogen-bond donors (Lipinski definition) is 0. The predicted molar refractivity (Wildman–Crippen MR) is 49.7 cm³/mol. The molecule has 0 spiro atoms. The molecule has 0 aliphatic heterocycles. The predicted octanol–water partition coefficient (Wildman–Crippen LogP) is 3.90. The molecule has 0 radical (unpaired) electrons. The summed E-state index contributed by atoms with van der Waals surface area (Å²) >= 11 is 0.396. The van der Waals surface area contributed by atoms with Crippen molar-refractivity contribution in [2.45, 2.75) is 11.3 Å². The van der Waals surface area contributed by atoms with Gasteiger partial charge in [0, 0.05) is 5.75 Å². The van der Waals surface area contributed by atoms with Gasteiger partial charge in [-0.2, -0.15) is 22.5 Å². The molecule has 0 aromatic carbocycles. The zero-order valence-electron chi connectivity index (χ0n) is 8.11. The summed E-state index contributed by atoms with van der Waals surface area (Å²) in [5.74, 6) is -6.93. The van der Waals surface area contributed by atoms with Crippen molar-refractivity contribution in [3.63, 3.8) is 0 Å². The van der Waals surface area contributed by atoms with Crippen LogP contribution in [0.1, 0.15) is 6.42 Å². The average molecular weight is 273 g/mol. The molecule has 1 nitrogen and oxygen atoms in total. The van der Waals surface area contributed by atoms with Crippen LogP contribution >= 0.6 is 11.8 Å². The van der Waals surface area contributed by atoms with E-state index >= 15 is 0 Å². The van der Waals surface area contributed by atoms with E-state index in [-0.39, 0.29) is 12.2 Å². The van der Waals surface area contributed by atoms with Crippen LogP contribution in [-0.4, -0.2) is 10.7 Å². The van der Waals surface area contributed by atoms with Gasteiger partial charge in [-0.25, -0.2) is 8.78 Å². The Balaban J connectivity index is 2.80. The maximum absolute atomic E-state index is 13.0. The molecule has 0 atom stereocenters. The molecule has 94 valence electrons. The lowest BCUT2D eigenvalue weighted by atomic mass is 10.4. The number of aromatic nitrogens is 1. The highest BCUT2D eigenvalue weighted by atomic mass is 32.2. The highest BCUT2D eigenvalue weighted by Gasteiger charge is 2.20. The Morgan fingerprint density at radius 2 is 1.59 bits per heavy atom. The highest BCUT2D eigenvalue weighted by molar-refractivity contribution is 7.99. The molecule has 0 unspecified atom stereocenters. The molecule has 17 heavy (non-hydrogen) atoms. The van der Waals surface area contributed by atoms with E-state index in [0.717, 1.165) is 0 Å². The Hall–Kier alpha value is -1.18. The van der Waals surface area contributed by atoms with E-state index in [4.69, 9.17) is 0 Å². The SMILES string of the molecule is FC(F)=CCCSc1c(F)c(F)nc(F)c1F. The van der Waals surface area contributed by atoms with E-state index in [9.17, 15) is 26.3 Å². The Kier molecular flexibility index (Phi) is 4.86. The second-order valence-corrected chi connectivity index (χ2v) is 3.89. The molecular formula is C9H5F6NS. The maximum atomic E-state index is 13.0. The number of halogens is 6. The van der Waals surface area contributed by atoms with Gasteiger partial charge in [-0.05, 0) is 12.5 Å². The summed E-state index contributed by atoms with van der Waals surface area (Å²) in [6, 6.07) is 0. The third-order valence-electron chi connectivity index (χ3n) is 1.62. The van der Waals surface area contributed by atoms with Crippen molar-refractivity contribution in [2.24, 2.45) is 0 Å². The van der Waals surface area contributed by atoms with Crippen LogP contribution in [0, 0.1) is 23.5 Å². The van der Waals surface area contributed by atoms with Crippen molar-refractivity contribution in [1.82, 2.24) is 4.98 Å². The Bertz CT molecular complexity index is 417. The minimum atomic E-state index is -1.93. The number of pyridine rings is 1. The number of allylic oxidation sites excluding steroid dienone is 1. The Labute approximate surface area is 96.5 Å². The van der Waals surface area contributed by atoms with Crippen LogP contribution in [0.25, 0.3) is 0 Å². The number of rotatable bonds is 4. The number of thioether (sulfide) groups is 1. The van der Waals surface area contributed by atoms with Crippen molar-refractivity contribution in [3.05, 3.63) is 35.7 Å². The van der Waals surface area contributed by atoms with Crippen LogP contribution in [0.15, 0.2) is 17.1 Å². The fourth-order valence-corrected chi connectivity index (χ4v) is 1.79. The summed E-state index contributed by atoms with van der Waals surface area (Å²) in [6.45, 7) is 0. The molecule has 0 saturated carbocycles. The molecule has 0 bridgehead atoms. The zero-order chi connectivity index (χ0) is 13.0. The first-order chi connectivity index (χ1) is 7.93. The van der Waals surface area contributed by atoms with Gasteiger partial charge in [-0.1, -0.05) is 0 Å². The minimum Gasteiger partial charge on any atom is -0.201 e. The summed E-state index contributed by atoms with van der Waals surface area (Å²) in [5.41, 5.74) is 0. The largest absolute Gasteiger partial charge is 0.266 e. The van der Waals surface area contributed by atoms with Gasteiger partial charge in [0.15, 0.2) is 11.6 Å². The molecule has 0 amide bonds. The van der Waals surface area contributed by atoms with Gasteiger partial charge in [0.2, 0.25) is 0 Å². The normalized spacial score (nSPS) is 10.5. The van der Waals surface area contributed by atoms with Gasteiger partial charge < -0.3 is 0 Å². The first-order valence-corrected chi connectivity index (χ1v) is 5.26. The van der Waals surface area contributed by atoms with Gasteiger partial charge in [-0.15, -0.1) is 11.8 Å². The van der Waals surface area contributed by atoms with Gasteiger partial charge >= 0.3 is 0 Å². The molecule has 0 N–H and O–H groups in total. The van der Waals surface area contributed by atoms with E-state index in [2.05, 4.69) is 4.98 Å². The Morgan fingerprint density at radius 1 is 1.06 bits per heavy atom. The number of hydrogen-bond acceptors (Lipinski definition) is 2. The first kappa shape index (κ1) is 13.9. The van der Waals surface area contributed by atoms with E-state index < -0.39 is 34.5 Å². The van der Waals surface area contributed by atoms with Crippen LogP contribution in [0.2, 0.25) is 0 Å². The molecule has 1 aromatic rings. The van der Waals surface area contributed by atoms with Crippen molar-refractivity contribution in [1.29, 1.82) is 0 Å². The van der Waals surface area contributed by atoms with Crippen LogP contribution in [-0.2, 0) is 0 Å². The smallest absolute Gasteiger partial charge is 0.201 e. The standard InChI is InChI=1S/C9H5F6NS/c10-4(11)2-1-3-17-7-5(12)8(14)16-9(15)6(7)13/h2H,1,3H2. The third kappa shape index (κ3) is 3.65. The molecule has 1 rings (SSSR count). The molecule has 0 fully saturated rings. The summed E-state index contributed by atoms with van der Waals surface area (Å²) in [4.78, 5) is 1.46. The molecule has 0 saturated heterocycles. The van der Waals surface area contributed by atoms with Crippen LogP contribution in [0.3, 0.4) is 0 Å². The molecule has 1 aromatic heterocycles. The Morgan fingerprint density at radius 3 is 2.06 bits per heavy atom. The second kappa shape index (κ2) is 5.95. The van der Waals surface area contributed by atoms with Crippen molar-refractivity contribution < 1.29 is 26.3 Å². The first-order valence-electron chi connectivity index (χ1n) is 4.27. The molecule has 1 heterocycles. The van der Waals surface area contributed by atoms with Crippen molar-refractivity contribution in [3.8, 4) is 0 Å². The van der Waals surface area contributed by atoms with Gasteiger partial charge in [0.1, 0.15) is 0 Å². The van der Waals surface area contributed by atoms with Gasteiger partial charge in [0.25, 0.3) is 18.0 Å². The van der Waals surface area contributed by atoms with E-state index in [1.807, 2.05) is 0 Å². The summed E-state index contributed by atoms with van der Waals surface area (Å²) < 4.78 is 74.5. The van der Waals surface area contributed by atoms with Crippen LogP contribution in [0.4, 0.5) is 26.3 Å². The summed E-state index contributed by atoms with van der Waals surface area (Å²) in [6.07, 6.45) is -1.58. The topological polar surface area (TPSA) is 12.9 Å². The van der Waals surface area contributed by atoms with Crippen LogP contribution < -0.4 is 0 Å². The minimum absolute atomic E-state index is 0.145. The second-order valence-electron chi connectivity index (χ2n) is 2.78. The van der Waals surface area contributed by atoms with E-state index in [1.165, 1.54) is 0 Å². The average Bonchev–Trinajstić information content (AvgIpc) is 2.25. The number of nitrogens with zero attached hydrogens (tertiary/aromatic N) is 1. The van der Waals surface area contributed by atoms with Crippen molar-refractivity contribution >= 4 is 11.8 Å². The third-order valence-corrected chi connectivity index (χ3v) is 2.71. The molecule has 0 aliphatic carbocycles. The lowest BCUT2D eigenvalue weighted by Crippen LogP contribution is -2.02. The summed E-state index contributed by atoms with van der Waals surface area (Å²) in [5, 5.41) is 0. The zero-order valence-corrected chi connectivity index (χ0v) is 8.93. The molecule has 8 heteroatoms. The fourth-order valence-electron chi connectivity index (χ4n) is 0.924. The summed E-state index contributed by atoms with van der Waals surface area (Å²) in [7, 11) is 0. The quantitative estimate of drug-likeness (QED) is 0.357. The lowest BCUT2D eigenvalue weighted by molar-refractivity contribution is 0.383.